The van der Waals surface area contributed by atoms with Gasteiger partial charge in [-0.3, -0.25) is 4.79 Å². The molecule has 0 heterocycles. The van der Waals surface area contributed by atoms with Crippen molar-refractivity contribution >= 4 is 5.97 Å². The Hall–Kier alpha value is -1.31. The molecule has 1 aromatic rings. The summed E-state index contributed by atoms with van der Waals surface area (Å²) in [5, 5.41) is 8.69. The predicted octanol–water partition coefficient (Wildman–Crippen LogP) is 2.97. The molecule has 0 aromatic heterocycles. The summed E-state index contributed by atoms with van der Waals surface area (Å²) in [6.45, 7) is 0. The fourth-order valence-electron chi connectivity index (χ4n) is 2.45. The molecule has 2 heteroatoms. The van der Waals surface area contributed by atoms with E-state index in [1.807, 2.05) is 0 Å². The molecule has 1 aliphatic carbocycles. The fraction of sp³-hybridized carbons (Fsp3) is 0.462. The summed E-state index contributed by atoms with van der Waals surface area (Å²) in [7, 11) is 0. The van der Waals surface area contributed by atoms with E-state index in [0.717, 1.165) is 19.3 Å². The lowest BCUT2D eigenvalue weighted by molar-refractivity contribution is -0.137. The maximum absolute atomic E-state index is 10.6. The number of carboxylic acid groups (broad SMARTS) is 1. The molecule has 0 bridgehead atoms. The number of rotatable bonds is 3. The molecule has 0 radical (unpaired) electrons. The summed E-state index contributed by atoms with van der Waals surface area (Å²) in [5.41, 5.74) is 2.80. The van der Waals surface area contributed by atoms with Crippen LogP contribution >= 0.6 is 0 Å². The molecule has 15 heavy (non-hydrogen) atoms. The van der Waals surface area contributed by atoms with E-state index in [1.165, 1.54) is 17.5 Å². The quantitative estimate of drug-likeness (QED) is 0.821. The normalized spacial score (nSPS) is 19.6. The summed E-state index contributed by atoms with van der Waals surface area (Å²) < 4.78 is 0. The molecular formula is C13H16O2. The molecule has 1 atom stereocenters. The Kier molecular flexibility index (Phi) is 3.05. The van der Waals surface area contributed by atoms with Gasteiger partial charge in [-0.25, -0.2) is 0 Å². The van der Waals surface area contributed by atoms with Crippen LogP contribution in [-0.4, -0.2) is 11.1 Å². The summed E-state index contributed by atoms with van der Waals surface area (Å²) >= 11 is 0. The zero-order valence-electron chi connectivity index (χ0n) is 8.78. The van der Waals surface area contributed by atoms with Crippen LogP contribution < -0.4 is 0 Å². The van der Waals surface area contributed by atoms with Crippen molar-refractivity contribution in [3.05, 3.63) is 35.4 Å². The van der Waals surface area contributed by atoms with Gasteiger partial charge >= 0.3 is 5.97 Å². The molecular weight excluding hydrogens is 188 g/mol. The van der Waals surface area contributed by atoms with E-state index in [-0.39, 0.29) is 0 Å². The first kappa shape index (κ1) is 10.2. The van der Waals surface area contributed by atoms with Crippen molar-refractivity contribution in [1.82, 2.24) is 0 Å². The number of aryl methyl sites for hydroxylation is 1. The van der Waals surface area contributed by atoms with E-state index in [1.54, 1.807) is 0 Å². The monoisotopic (exact) mass is 204 g/mol. The lowest BCUT2D eigenvalue weighted by Gasteiger charge is -2.24. The van der Waals surface area contributed by atoms with Crippen LogP contribution in [0, 0.1) is 0 Å². The first-order valence-corrected chi connectivity index (χ1v) is 5.57. The van der Waals surface area contributed by atoms with Gasteiger partial charge in [-0.1, -0.05) is 24.3 Å². The predicted molar refractivity (Wildman–Crippen MR) is 59.0 cm³/mol. The van der Waals surface area contributed by atoms with Gasteiger partial charge in [0.2, 0.25) is 0 Å². The van der Waals surface area contributed by atoms with Crippen molar-refractivity contribution in [2.45, 2.75) is 38.0 Å². The molecule has 1 aromatic carbocycles. The average Bonchev–Trinajstić information content (AvgIpc) is 2.26. The maximum atomic E-state index is 10.6. The second-order valence-corrected chi connectivity index (χ2v) is 4.22. The minimum atomic E-state index is -0.682. The summed E-state index contributed by atoms with van der Waals surface area (Å²) in [6, 6.07) is 8.44. The Balaban J connectivity index is 2.11. The highest BCUT2D eigenvalue weighted by Crippen LogP contribution is 2.34. The van der Waals surface area contributed by atoms with Gasteiger partial charge in [-0.2, -0.15) is 0 Å². The van der Waals surface area contributed by atoms with E-state index in [0.29, 0.717) is 12.3 Å². The fourth-order valence-corrected chi connectivity index (χ4v) is 2.45. The average molecular weight is 204 g/mol. The molecule has 80 valence electrons. The molecule has 1 aliphatic rings. The van der Waals surface area contributed by atoms with Crippen molar-refractivity contribution in [2.75, 3.05) is 0 Å². The lowest BCUT2D eigenvalue weighted by Crippen LogP contribution is -2.11. The number of hydrogen-bond acceptors (Lipinski definition) is 1. The second-order valence-electron chi connectivity index (χ2n) is 4.22. The minimum Gasteiger partial charge on any atom is -0.481 e. The SMILES string of the molecule is O=C(O)CC[C@@H]1CCCc2ccccc21. The van der Waals surface area contributed by atoms with E-state index >= 15 is 0 Å². The largest absolute Gasteiger partial charge is 0.481 e. The first-order chi connectivity index (χ1) is 7.27. The van der Waals surface area contributed by atoms with E-state index < -0.39 is 5.97 Å². The summed E-state index contributed by atoms with van der Waals surface area (Å²) in [4.78, 5) is 10.6. The van der Waals surface area contributed by atoms with E-state index in [4.69, 9.17) is 5.11 Å². The van der Waals surface area contributed by atoms with Crippen LogP contribution in [-0.2, 0) is 11.2 Å². The summed E-state index contributed by atoms with van der Waals surface area (Å²) in [6.07, 6.45) is 4.57. The Morgan fingerprint density at radius 2 is 2.20 bits per heavy atom. The van der Waals surface area contributed by atoms with Crippen molar-refractivity contribution < 1.29 is 9.90 Å². The molecule has 1 N–H and O–H groups in total. The third-order valence-electron chi connectivity index (χ3n) is 3.20. The van der Waals surface area contributed by atoms with Crippen LogP contribution in [0.25, 0.3) is 0 Å². The van der Waals surface area contributed by atoms with Gasteiger partial charge in [0.25, 0.3) is 0 Å². The zero-order valence-corrected chi connectivity index (χ0v) is 8.78. The molecule has 0 spiro atoms. The molecule has 0 unspecified atom stereocenters. The topological polar surface area (TPSA) is 37.3 Å². The van der Waals surface area contributed by atoms with Crippen molar-refractivity contribution in [3.63, 3.8) is 0 Å². The van der Waals surface area contributed by atoms with Gasteiger partial charge in [0.05, 0.1) is 0 Å². The van der Waals surface area contributed by atoms with Crippen LogP contribution in [0.3, 0.4) is 0 Å². The number of fused-ring (bicyclic) bond motifs is 1. The molecule has 0 saturated carbocycles. The van der Waals surface area contributed by atoms with Crippen molar-refractivity contribution in [3.8, 4) is 0 Å². The molecule has 0 fully saturated rings. The second kappa shape index (κ2) is 4.47. The van der Waals surface area contributed by atoms with E-state index in [9.17, 15) is 4.79 Å². The third-order valence-corrected chi connectivity index (χ3v) is 3.20. The van der Waals surface area contributed by atoms with Crippen LogP contribution in [0.1, 0.15) is 42.7 Å². The van der Waals surface area contributed by atoms with Gasteiger partial charge in [-0.15, -0.1) is 0 Å². The maximum Gasteiger partial charge on any atom is 0.303 e. The Morgan fingerprint density at radius 3 is 3.00 bits per heavy atom. The summed E-state index contributed by atoms with van der Waals surface area (Å²) in [5.74, 6) is -0.218. The van der Waals surface area contributed by atoms with Crippen molar-refractivity contribution in [2.24, 2.45) is 0 Å². The molecule has 0 amide bonds. The number of carbonyl (C=O) groups is 1. The first-order valence-electron chi connectivity index (χ1n) is 5.57. The van der Waals surface area contributed by atoms with Gasteiger partial charge in [-0.05, 0) is 42.7 Å². The number of benzene rings is 1. The molecule has 0 aliphatic heterocycles. The Bertz CT molecular complexity index is 357. The van der Waals surface area contributed by atoms with Crippen LogP contribution in [0.2, 0.25) is 0 Å². The number of hydrogen-bond donors (Lipinski definition) is 1. The Labute approximate surface area is 89.9 Å². The van der Waals surface area contributed by atoms with Gasteiger partial charge in [0.15, 0.2) is 0 Å². The molecule has 2 nitrogen and oxygen atoms in total. The highest BCUT2D eigenvalue weighted by molar-refractivity contribution is 5.66. The smallest absolute Gasteiger partial charge is 0.303 e. The number of aliphatic carboxylic acids is 1. The van der Waals surface area contributed by atoms with E-state index in [2.05, 4.69) is 24.3 Å². The molecule has 2 rings (SSSR count). The molecule has 0 saturated heterocycles. The highest BCUT2D eigenvalue weighted by Gasteiger charge is 2.19. The lowest BCUT2D eigenvalue weighted by atomic mass is 9.80. The third kappa shape index (κ3) is 2.38. The van der Waals surface area contributed by atoms with Gasteiger partial charge < -0.3 is 5.11 Å². The zero-order chi connectivity index (χ0) is 10.7. The van der Waals surface area contributed by atoms with Gasteiger partial charge in [0, 0.05) is 6.42 Å². The standard InChI is InChI=1S/C13H16O2/c14-13(15)9-8-11-6-3-5-10-4-1-2-7-12(10)11/h1-2,4,7,11H,3,5-6,8-9H2,(H,14,15)/t11-/m0/s1. The number of carboxylic acids is 1. The van der Waals surface area contributed by atoms with Crippen LogP contribution in [0.5, 0.6) is 0 Å². The Morgan fingerprint density at radius 1 is 1.40 bits per heavy atom. The van der Waals surface area contributed by atoms with Gasteiger partial charge in [0.1, 0.15) is 0 Å². The minimum absolute atomic E-state index is 0.291. The van der Waals surface area contributed by atoms with Crippen molar-refractivity contribution in [1.29, 1.82) is 0 Å². The van der Waals surface area contributed by atoms with Crippen LogP contribution in [0.15, 0.2) is 24.3 Å². The highest BCUT2D eigenvalue weighted by atomic mass is 16.4. The van der Waals surface area contributed by atoms with Crippen LogP contribution in [0.4, 0.5) is 0 Å².